The highest BCUT2D eigenvalue weighted by Gasteiger charge is 2.20. The van der Waals surface area contributed by atoms with Gasteiger partial charge >= 0.3 is 5.63 Å². The van der Waals surface area contributed by atoms with Crippen molar-refractivity contribution in [2.24, 2.45) is 0 Å². The summed E-state index contributed by atoms with van der Waals surface area (Å²) in [5.74, 6) is 0.00312. The van der Waals surface area contributed by atoms with E-state index in [1.807, 2.05) is 0 Å². The molecular formula is C13H12O5S. The van der Waals surface area contributed by atoms with Gasteiger partial charge in [0.25, 0.3) is 0 Å². The summed E-state index contributed by atoms with van der Waals surface area (Å²) in [5, 5.41) is 11.5. The van der Waals surface area contributed by atoms with Gasteiger partial charge < -0.3 is 14.3 Å². The molecule has 0 aliphatic heterocycles. The molecule has 0 aliphatic carbocycles. The molecule has 0 aromatic carbocycles. The average molecular weight is 280 g/mol. The van der Waals surface area contributed by atoms with Crippen LogP contribution in [-0.2, 0) is 6.42 Å². The molecule has 0 bridgehead atoms. The Bertz CT molecular complexity index is 668. The first-order valence-corrected chi connectivity index (χ1v) is 6.38. The first kappa shape index (κ1) is 13.4. The van der Waals surface area contributed by atoms with Crippen molar-refractivity contribution >= 4 is 17.1 Å². The molecule has 5 nitrogen and oxygen atoms in total. The molecule has 2 rings (SSSR count). The lowest BCUT2D eigenvalue weighted by molar-refractivity contribution is 0.0986. The fraction of sp³-hybridized carbons (Fsp3) is 0.231. The SMILES string of the molecule is COc1ccsc1CC(=O)c1c(O)cc(C)oc1=O. The summed E-state index contributed by atoms with van der Waals surface area (Å²) < 4.78 is 9.92. The third-order valence-electron chi connectivity index (χ3n) is 2.58. The van der Waals surface area contributed by atoms with E-state index in [1.54, 1.807) is 11.4 Å². The molecule has 0 amide bonds. The number of carbonyl (C=O) groups excluding carboxylic acids is 1. The van der Waals surface area contributed by atoms with Gasteiger partial charge in [0, 0.05) is 12.5 Å². The van der Waals surface area contributed by atoms with E-state index in [2.05, 4.69) is 0 Å². The molecule has 2 aromatic heterocycles. The van der Waals surface area contributed by atoms with Crippen LogP contribution in [0.3, 0.4) is 0 Å². The molecule has 0 saturated carbocycles. The maximum Gasteiger partial charge on any atom is 0.350 e. The summed E-state index contributed by atoms with van der Waals surface area (Å²) in [7, 11) is 1.51. The molecule has 6 heteroatoms. The number of Topliss-reactive ketones (excluding diaryl/α,β-unsaturated/α-hetero) is 1. The van der Waals surface area contributed by atoms with E-state index in [0.29, 0.717) is 10.6 Å². The van der Waals surface area contributed by atoms with Gasteiger partial charge in [0.15, 0.2) is 5.78 Å². The second kappa shape index (κ2) is 5.27. The minimum absolute atomic E-state index is 0.0117. The van der Waals surface area contributed by atoms with E-state index in [1.165, 1.54) is 31.4 Å². The minimum Gasteiger partial charge on any atom is -0.507 e. The van der Waals surface area contributed by atoms with Crippen molar-refractivity contribution in [1.82, 2.24) is 0 Å². The number of aryl methyl sites for hydroxylation is 1. The van der Waals surface area contributed by atoms with Crippen LogP contribution in [0.25, 0.3) is 0 Å². The van der Waals surface area contributed by atoms with Crippen molar-refractivity contribution in [2.45, 2.75) is 13.3 Å². The number of thiophene rings is 1. The number of rotatable bonds is 4. The maximum atomic E-state index is 12.1. The molecule has 0 spiro atoms. The predicted molar refractivity (Wildman–Crippen MR) is 70.3 cm³/mol. The van der Waals surface area contributed by atoms with Crippen molar-refractivity contribution in [2.75, 3.05) is 7.11 Å². The monoisotopic (exact) mass is 280 g/mol. The lowest BCUT2D eigenvalue weighted by atomic mass is 10.1. The topological polar surface area (TPSA) is 76.7 Å². The standard InChI is InChI=1S/C13H12O5S/c1-7-5-8(14)12(13(16)18-7)9(15)6-11-10(17-2)3-4-19-11/h3-5,14H,6H2,1-2H3. The van der Waals surface area contributed by atoms with Crippen LogP contribution in [0.1, 0.15) is 21.0 Å². The van der Waals surface area contributed by atoms with Crippen molar-refractivity contribution in [1.29, 1.82) is 0 Å². The number of hydrogen-bond acceptors (Lipinski definition) is 6. The van der Waals surface area contributed by atoms with Gasteiger partial charge in [-0.05, 0) is 18.4 Å². The van der Waals surface area contributed by atoms with Gasteiger partial charge in [-0.3, -0.25) is 4.79 Å². The average Bonchev–Trinajstić information content (AvgIpc) is 2.74. The van der Waals surface area contributed by atoms with Crippen molar-refractivity contribution in [3.05, 3.63) is 44.1 Å². The zero-order valence-electron chi connectivity index (χ0n) is 10.4. The Morgan fingerprint density at radius 2 is 2.26 bits per heavy atom. The largest absolute Gasteiger partial charge is 0.507 e. The Kier molecular flexibility index (Phi) is 3.71. The van der Waals surface area contributed by atoms with Crippen LogP contribution in [0.15, 0.2) is 26.7 Å². The molecule has 0 radical (unpaired) electrons. The number of ketones is 1. The highest BCUT2D eigenvalue weighted by Crippen LogP contribution is 2.26. The van der Waals surface area contributed by atoms with Crippen LogP contribution in [0.4, 0.5) is 0 Å². The Hall–Kier alpha value is -2.08. The van der Waals surface area contributed by atoms with Crippen LogP contribution in [0.2, 0.25) is 0 Å². The molecule has 19 heavy (non-hydrogen) atoms. The van der Waals surface area contributed by atoms with Crippen molar-refractivity contribution in [3.8, 4) is 11.5 Å². The maximum absolute atomic E-state index is 12.1. The Morgan fingerprint density at radius 1 is 1.53 bits per heavy atom. The minimum atomic E-state index is -0.821. The van der Waals surface area contributed by atoms with E-state index in [9.17, 15) is 14.7 Å². The van der Waals surface area contributed by atoms with Crippen LogP contribution < -0.4 is 10.4 Å². The molecule has 0 atom stereocenters. The lowest BCUT2D eigenvalue weighted by Gasteiger charge is -2.04. The number of methoxy groups -OCH3 is 1. The summed E-state index contributed by atoms with van der Waals surface area (Å²) in [5.41, 5.74) is -1.14. The van der Waals surface area contributed by atoms with Crippen LogP contribution >= 0.6 is 11.3 Å². The van der Waals surface area contributed by atoms with Crippen LogP contribution in [-0.4, -0.2) is 18.0 Å². The highest BCUT2D eigenvalue weighted by atomic mass is 32.1. The first-order valence-electron chi connectivity index (χ1n) is 5.50. The van der Waals surface area contributed by atoms with Crippen molar-refractivity contribution < 1.29 is 19.1 Å². The smallest absolute Gasteiger partial charge is 0.350 e. The molecular weight excluding hydrogens is 268 g/mol. The molecule has 2 heterocycles. The molecule has 0 unspecified atom stereocenters. The van der Waals surface area contributed by atoms with E-state index in [-0.39, 0.29) is 23.5 Å². The molecule has 0 fully saturated rings. The molecule has 100 valence electrons. The Labute approximate surface area is 113 Å². The van der Waals surface area contributed by atoms with Crippen molar-refractivity contribution in [3.63, 3.8) is 0 Å². The molecule has 2 aromatic rings. The van der Waals surface area contributed by atoms with E-state index in [0.717, 1.165) is 0 Å². The van der Waals surface area contributed by atoms with Gasteiger partial charge in [0.2, 0.25) is 0 Å². The number of aromatic hydroxyl groups is 1. The van der Waals surface area contributed by atoms with Gasteiger partial charge in [-0.15, -0.1) is 11.3 Å². The van der Waals surface area contributed by atoms with Gasteiger partial charge in [-0.2, -0.15) is 0 Å². The van der Waals surface area contributed by atoms with Gasteiger partial charge in [-0.25, -0.2) is 4.79 Å². The lowest BCUT2D eigenvalue weighted by Crippen LogP contribution is -2.16. The third kappa shape index (κ3) is 2.68. The number of carbonyl (C=O) groups is 1. The summed E-state index contributed by atoms with van der Waals surface area (Å²) in [4.78, 5) is 24.4. The van der Waals surface area contributed by atoms with Crippen LogP contribution in [0, 0.1) is 6.92 Å². The van der Waals surface area contributed by atoms with E-state index < -0.39 is 11.4 Å². The molecule has 1 N–H and O–H groups in total. The summed E-state index contributed by atoms with van der Waals surface area (Å²) >= 11 is 1.35. The van der Waals surface area contributed by atoms with E-state index >= 15 is 0 Å². The third-order valence-corrected chi connectivity index (χ3v) is 3.48. The van der Waals surface area contributed by atoms with Crippen LogP contribution in [0.5, 0.6) is 11.5 Å². The first-order chi connectivity index (χ1) is 9.02. The van der Waals surface area contributed by atoms with E-state index in [4.69, 9.17) is 9.15 Å². The van der Waals surface area contributed by atoms with Gasteiger partial charge in [-0.1, -0.05) is 0 Å². The number of ether oxygens (including phenoxy) is 1. The summed E-state index contributed by atoms with van der Waals surface area (Å²) in [6.45, 7) is 1.53. The zero-order valence-corrected chi connectivity index (χ0v) is 11.2. The Morgan fingerprint density at radius 3 is 2.89 bits per heavy atom. The molecule has 0 saturated heterocycles. The summed E-state index contributed by atoms with van der Waals surface area (Å²) in [6.07, 6.45) is -0.0117. The second-order valence-electron chi connectivity index (χ2n) is 3.92. The second-order valence-corrected chi connectivity index (χ2v) is 4.92. The van der Waals surface area contributed by atoms with Gasteiger partial charge in [0.05, 0.1) is 12.0 Å². The van der Waals surface area contributed by atoms with Gasteiger partial charge in [0.1, 0.15) is 22.8 Å². The zero-order chi connectivity index (χ0) is 14.0. The summed E-state index contributed by atoms with van der Waals surface area (Å²) in [6, 6.07) is 2.99. The molecule has 0 aliphatic rings. The quantitative estimate of drug-likeness (QED) is 0.868. The number of hydrogen-bond donors (Lipinski definition) is 1. The normalized spacial score (nSPS) is 10.4. The Balaban J connectivity index is 2.34. The fourth-order valence-corrected chi connectivity index (χ4v) is 2.56. The highest BCUT2D eigenvalue weighted by molar-refractivity contribution is 7.10. The fourth-order valence-electron chi connectivity index (χ4n) is 1.73. The predicted octanol–water partition coefficient (Wildman–Crippen LogP) is 2.15.